The van der Waals surface area contributed by atoms with Gasteiger partial charge in [-0.1, -0.05) is 27.7 Å². The van der Waals surface area contributed by atoms with Crippen molar-refractivity contribution in [1.82, 2.24) is 9.13 Å². The van der Waals surface area contributed by atoms with Gasteiger partial charge in [-0.2, -0.15) is 0 Å². The molecule has 2 aromatic carbocycles. The molecule has 9 nitrogen and oxygen atoms in total. The van der Waals surface area contributed by atoms with Crippen LogP contribution < -0.4 is 21.3 Å². The molecular formula is C22H21BrN4O5S. The third-order valence-electron chi connectivity index (χ3n) is 4.62. The number of aliphatic imine (C=N–C) groups is 1. The Kier molecular flexibility index (Phi) is 7.77. The standard InChI is InChI=1S/C22H21BrN4O5S/c1-26-20(29)18(21(30)27(2)22(26)31)19(25-15-8-10-16(32-3)11-9-15)33-12-17(28)24-14-6-4-13(23)5-7-14/h4-11,29H,12H2,1-3H3,(H,24,28). The topological polar surface area (TPSA) is 115 Å². The van der Waals surface area contributed by atoms with E-state index in [1.165, 1.54) is 21.2 Å². The van der Waals surface area contributed by atoms with E-state index in [9.17, 15) is 19.5 Å². The molecule has 0 radical (unpaired) electrons. The first kappa shape index (κ1) is 24.3. The van der Waals surface area contributed by atoms with Crippen molar-refractivity contribution in [1.29, 1.82) is 0 Å². The molecule has 11 heteroatoms. The van der Waals surface area contributed by atoms with Gasteiger partial charge in [0, 0.05) is 24.3 Å². The molecule has 0 aliphatic carbocycles. The van der Waals surface area contributed by atoms with E-state index in [0.717, 1.165) is 25.4 Å². The van der Waals surface area contributed by atoms with Gasteiger partial charge in [-0.3, -0.25) is 18.7 Å². The summed E-state index contributed by atoms with van der Waals surface area (Å²) in [4.78, 5) is 42.0. The number of benzene rings is 2. The van der Waals surface area contributed by atoms with Gasteiger partial charge in [0.05, 0.1) is 18.6 Å². The Labute approximate surface area is 201 Å². The van der Waals surface area contributed by atoms with Gasteiger partial charge in [0.2, 0.25) is 11.8 Å². The Bertz CT molecular complexity index is 1310. The zero-order valence-corrected chi connectivity index (χ0v) is 20.4. The maximum Gasteiger partial charge on any atom is 0.333 e. The second-order valence-electron chi connectivity index (χ2n) is 6.86. The lowest BCUT2D eigenvalue weighted by Gasteiger charge is -2.12. The van der Waals surface area contributed by atoms with Gasteiger partial charge in [0.25, 0.3) is 5.56 Å². The summed E-state index contributed by atoms with van der Waals surface area (Å²) >= 11 is 4.31. The van der Waals surface area contributed by atoms with Crippen LogP contribution in [0.4, 0.5) is 11.4 Å². The first-order valence-corrected chi connectivity index (χ1v) is 11.4. The molecule has 172 valence electrons. The summed E-state index contributed by atoms with van der Waals surface area (Å²) in [6, 6.07) is 13.8. The van der Waals surface area contributed by atoms with Gasteiger partial charge in [-0.15, -0.1) is 0 Å². The molecule has 0 unspecified atom stereocenters. The number of halogens is 1. The molecule has 0 aliphatic rings. The minimum Gasteiger partial charge on any atom is -0.497 e. The highest BCUT2D eigenvalue weighted by atomic mass is 79.9. The number of rotatable bonds is 6. The average molecular weight is 533 g/mol. The number of amides is 1. The number of hydrogen-bond acceptors (Lipinski definition) is 7. The SMILES string of the molecule is COc1ccc(N=C(SCC(=O)Nc2ccc(Br)cc2)c2c(O)n(C)c(=O)n(C)c2=O)cc1. The molecule has 3 rings (SSSR count). The first-order chi connectivity index (χ1) is 15.7. The molecule has 3 aromatic rings. The zero-order chi connectivity index (χ0) is 24.1. The van der Waals surface area contributed by atoms with Crippen LogP contribution in [0, 0.1) is 0 Å². The van der Waals surface area contributed by atoms with Crippen molar-refractivity contribution < 1.29 is 14.6 Å². The highest BCUT2D eigenvalue weighted by molar-refractivity contribution is 9.10. The highest BCUT2D eigenvalue weighted by Crippen LogP contribution is 2.25. The van der Waals surface area contributed by atoms with Crippen molar-refractivity contribution in [3.8, 4) is 11.6 Å². The van der Waals surface area contributed by atoms with E-state index < -0.39 is 17.1 Å². The number of carbonyl (C=O) groups is 1. The van der Waals surface area contributed by atoms with E-state index in [1.807, 2.05) is 0 Å². The minimum absolute atomic E-state index is 0.0868. The fraction of sp³-hybridized carbons (Fsp3) is 0.182. The summed E-state index contributed by atoms with van der Waals surface area (Å²) in [5.74, 6) is -0.323. The lowest BCUT2D eigenvalue weighted by molar-refractivity contribution is -0.113. The molecule has 2 N–H and O–H groups in total. The fourth-order valence-corrected chi connectivity index (χ4v) is 3.92. The molecule has 1 heterocycles. The van der Waals surface area contributed by atoms with Crippen LogP contribution in [-0.4, -0.2) is 38.1 Å². The maximum atomic E-state index is 12.8. The zero-order valence-electron chi connectivity index (χ0n) is 18.0. The predicted octanol–water partition coefficient (Wildman–Crippen LogP) is 3.01. The quantitative estimate of drug-likeness (QED) is 0.372. The van der Waals surface area contributed by atoms with Crippen LogP contribution in [0.15, 0.2) is 67.6 Å². The van der Waals surface area contributed by atoms with Crippen molar-refractivity contribution in [3.63, 3.8) is 0 Å². The third-order valence-corrected chi connectivity index (χ3v) is 6.12. The van der Waals surface area contributed by atoms with Crippen molar-refractivity contribution in [2.24, 2.45) is 19.1 Å². The number of nitrogens with zero attached hydrogens (tertiary/aromatic N) is 3. The van der Waals surface area contributed by atoms with E-state index in [-0.39, 0.29) is 22.3 Å². The van der Waals surface area contributed by atoms with E-state index in [1.54, 1.807) is 48.5 Å². The number of methoxy groups -OCH3 is 1. The van der Waals surface area contributed by atoms with Gasteiger partial charge >= 0.3 is 5.69 Å². The monoisotopic (exact) mass is 532 g/mol. The lowest BCUT2D eigenvalue weighted by Crippen LogP contribution is -2.39. The summed E-state index contributed by atoms with van der Waals surface area (Å²) in [5.41, 5.74) is -0.483. The van der Waals surface area contributed by atoms with Crippen LogP contribution in [0.5, 0.6) is 11.6 Å². The molecule has 0 spiro atoms. The fourth-order valence-electron chi connectivity index (χ4n) is 2.82. The molecule has 0 saturated heterocycles. The molecule has 0 aliphatic heterocycles. The van der Waals surface area contributed by atoms with Gasteiger partial charge < -0.3 is 15.2 Å². The Morgan fingerprint density at radius 3 is 2.33 bits per heavy atom. The number of nitrogens with one attached hydrogen (secondary N) is 1. The minimum atomic E-state index is -0.719. The second kappa shape index (κ2) is 10.5. The van der Waals surface area contributed by atoms with Crippen LogP contribution in [0.25, 0.3) is 0 Å². The van der Waals surface area contributed by atoms with Crippen molar-refractivity contribution in [2.45, 2.75) is 0 Å². The summed E-state index contributed by atoms with van der Waals surface area (Å²) in [7, 11) is 4.19. The number of aromatic hydroxyl groups is 1. The Morgan fingerprint density at radius 1 is 1.09 bits per heavy atom. The van der Waals surface area contributed by atoms with Crippen molar-refractivity contribution in [2.75, 3.05) is 18.2 Å². The van der Waals surface area contributed by atoms with E-state index in [0.29, 0.717) is 17.1 Å². The van der Waals surface area contributed by atoms with E-state index in [2.05, 4.69) is 26.2 Å². The molecule has 0 bridgehead atoms. The third kappa shape index (κ3) is 5.74. The Morgan fingerprint density at radius 2 is 1.73 bits per heavy atom. The summed E-state index contributed by atoms with van der Waals surface area (Å²) < 4.78 is 7.85. The molecule has 0 atom stereocenters. The van der Waals surface area contributed by atoms with Crippen LogP contribution in [0.1, 0.15) is 5.56 Å². The van der Waals surface area contributed by atoms with Crippen molar-refractivity contribution >= 4 is 50.0 Å². The average Bonchev–Trinajstić information content (AvgIpc) is 2.82. The van der Waals surface area contributed by atoms with Gasteiger partial charge in [0.1, 0.15) is 16.4 Å². The molecule has 0 saturated carbocycles. The van der Waals surface area contributed by atoms with Crippen LogP contribution in [-0.2, 0) is 18.9 Å². The normalized spacial score (nSPS) is 11.3. The van der Waals surface area contributed by atoms with E-state index in [4.69, 9.17) is 4.74 Å². The summed E-state index contributed by atoms with van der Waals surface area (Å²) in [6.07, 6.45) is 0. The van der Waals surface area contributed by atoms with Crippen LogP contribution in [0.3, 0.4) is 0 Å². The molecule has 1 aromatic heterocycles. The van der Waals surface area contributed by atoms with Gasteiger partial charge in [0.15, 0.2) is 0 Å². The smallest absolute Gasteiger partial charge is 0.333 e. The second-order valence-corrected chi connectivity index (χ2v) is 8.74. The largest absolute Gasteiger partial charge is 0.497 e. The number of carbonyl (C=O) groups excluding carboxylic acids is 1. The number of anilines is 1. The van der Waals surface area contributed by atoms with Crippen molar-refractivity contribution in [3.05, 3.63) is 79.4 Å². The predicted molar refractivity (Wildman–Crippen MR) is 133 cm³/mol. The van der Waals surface area contributed by atoms with Crippen LogP contribution >= 0.6 is 27.7 Å². The number of aromatic nitrogens is 2. The van der Waals surface area contributed by atoms with Crippen LogP contribution in [0.2, 0.25) is 0 Å². The Hall–Kier alpha value is -3.31. The molecule has 33 heavy (non-hydrogen) atoms. The highest BCUT2D eigenvalue weighted by Gasteiger charge is 2.22. The maximum absolute atomic E-state index is 12.8. The Balaban J connectivity index is 1.97. The van der Waals surface area contributed by atoms with Gasteiger partial charge in [-0.25, -0.2) is 9.79 Å². The summed E-state index contributed by atoms with van der Waals surface area (Å²) in [6.45, 7) is 0. The number of ether oxygens (including phenoxy) is 1. The molecule has 0 fully saturated rings. The molecule has 1 amide bonds. The lowest BCUT2D eigenvalue weighted by atomic mass is 10.3. The molecular weight excluding hydrogens is 512 g/mol. The van der Waals surface area contributed by atoms with E-state index >= 15 is 0 Å². The van der Waals surface area contributed by atoms with Gasteiger partial charge in [-0.05, 0) is 48.5 Å². The summed E-state index contributed by atoms with van der Waals surface area (Å²) in [5, 5.41) is 13.4. The number of hydrogen-bond donors (Lipinski definition) is 2. The first-order valence-electron chi connectivity index (χ1n) is 9.61. The number of thioether (sulfide) groups is 1.